The predicted octanol–water partition coefficient (Wildman–Crippen LogP) is 5.06. The Labute approximate surface area is 251 Å². The molecule has 2 aliphatic rings. The number of halogens is 4. The number of alkyl halides is 3. The summed E-state index contributed by atoms with van der Waals surface area (Å²) in [7, 11) is -4.06. The number of nitrogens with one attached hydrogen (secondary N) is 3. The molecule has 0 spiro atoms. The minimum atomic E-state index is -4.58. The molecule has 0 aliphatic heterocycles. The second-order valence-electron chi connectivity index (χ2n) is 10.6. The van der Waals surface area contributed by atoms with E-state index in [9.17, 15) is 31.5 Å². The van der Waals surface area contributed by atoms with Gasteiger partial charge in [0.15, 0.2) is 6.61 Å². The van der Waals surface area contributed by atoms with Crippen LogP contribution in [0, 0.1) is 0 Å². The predicted molar refractivity (Wildman–Crippen MR) is 154 cm³/mol. The minimum absolute atomic E-state index is 0.0420. The number of carbonyl (C=O) groups excluding carboxylic acids is 1. The van der Waals surface area contributed by atoms with E-state index in [-0.39, 0.29) is 36.7 Å². The number of rotatable bonds is 12. The van der Waals surface area contributed by atoms with Crippen LogP contribution in [0.4, 0.5) is 30.6 Å². The fourth-order valence-electron chi connectivity index (χ4n) is 4.59. The topological polar surface area (TPSA) is 143 Å². The van der Waals surface area contributed by atoms with Crippen LogP contribution in [-0.4, -0.2) is 53.5 Å². The van der Waals surface area contributed by atoms with Crippen LogP contribution in [0.1, 0.15) is 54.1 Å². The second kappa shape index (κ2) is 11.5. The second-order valence-corrected chi connectivity index (χ2v) is 13.1. The summed E-state index contributed by atoms with van der Waals surface area (Å²) in [5.41, 5.74) is 1.27. The molecule has 2 fully saturated rings. The van der Waals surface area contributed by atoms with Crippen molar-refractivity contribution in [2.75, 3.05) is 23.8 Å². The molecule has 2 aliphatic carbocycles. The molecule has 1 amide bonds. The molecular formula is C28H29ClF3N5O5S. The highest BCUT2D eigenvalue weighted by Gasteiger charge is 2.55. The number of nitrogens with zero attached hydrogens (tertiary/aromatic N) is 2. The zero-order chi connectivity index (χ0) is 31.0. The van der Waals surface area contributed by atoms with E-state index < -0.39 is 45.6 Å². The SMILES string of the molecule is CCc1c(NC2(c3ccc(Cl)cc3)CC2)nc(Nc2ccc(C(=O)NS(=O)(=O)C3(CO)CC3)cc2)nc1OCC(F)(F)F. The normalized spacial score (nSPS) is 16.7. The van der Waals surface area contributed by atoms with Gasteiger partial charge in [0.1, 0.15) is 10.6 Å². The van der Waals surface area contributed by atoms with Crippen LogP contribution < -0.4 is 20.1 Å². The Morgan fingerprint density at radius 3 is 2.23 bits per heavy atom. The molecular weight excluding hydrogens is 611 g/mol. The number of aromatic nitrogens is 2. The van der Waals surface area contributed by atoms with E-state index in [1.165, 1.54) is 24.3 Å². The maximum Gasteiger partial charge on any atom is 0.422 e. The summed E-state index contributed by atoms with van der Waals surface area (Å²) in [4.78, 5) is 21.3. The zero-order valence-corrected chi connectivity index (χ0v) is 24.5. The Morgan fingerprint density at radius 1 is 1.05 bits per heavy atom. The van der Waals surface area contributed by atoms with Gasteiger partial charge in [-0.1, -0.05) is 30.7 Å². The standard InChI is InChI=1S/C28H29ClF3N5O5S/c1-2-21-22(36-27(13-14-27)18-5-7-19(29)8-6-18)34-25(35-24(21)42-16-28(30,31)32)33-20-9-3-17(4-10-20)23(39)37-43(40,41)26(15-38)11-12-26/h3-10,38H,2,11-16H2,1H3,(H,37,39)(H2,33,34,35,36). The van der Waals surface area contributed by atoms with Crippen molar-refractivity contribution in [2.45, 2.75) is 55.5 Å². The fraction of sp³-hybridized carbons (Fsp3) is 0.393. The quantitative estimate of drug-likeness (QED) is 0.214. The van der Waals surface area contributed by atoms with Crippen molar-refractivity contribution in [3.63, 3.8) is 0 Å². The van der Waals surface area contributed by atoms with Gasteiger partial charge in [0.25, 0.3) is 5.91 Å². The average molecular weight is 640 g/mol. The van der Waals surface area contributed by atoms with Gasteiger partial charge in [0.2, 0.25) is 21.9 Å². The van der Waals surface area contributed by atoms with Crippen molar-refractivity contribution in [3.05, 3.63) is 70.2 Å². The van der Waals surface area contributed by atoms with Crippen molar-refractivity contribution < 1.29 is 36.2 Å². The van der Waals surface area contributed by atoms with E-state index >= 15 is 0 Å². The minimum Gasteiger partial charge on any atom is -0.468 e. The molecule has 1 heterocycles. The van der Waals surface area contributed by atoms with Gasteiger partial charge in [0, 0.05) is 16.3 Å². The summed E-state index contributed by atoms with van der Waals surface area (Å²) >= 11 is 6.05. The Hall–Kier alpha value is -3.62. The van der Waals surface area contributed by atoms with Gasteiger partial charge in [-0.15, -0.1) is 0 Å². The number of hydrogen-bond acceptors (Lipinski definition) is 9. The molecule has 230 valence electrons. The van der Waals surface area contributed by atoms with E-state index in [4.69, 9.17) is 16.3 Å². The monoisotopic (exact) mass is 639 g/mol. The maximum atomic E-state index is 13.1. The molecule has 10 nitrogen and oxygen atoms in total. The van der Waals surface area contributed by atoms with Gasteiger partial charge in [-0.3, -0.25) is 4.79 Å². The first-order valence-corrected chi connectivity index (χ1v) is 15.3. The van der Waals surface area contributed by atoms with Crippen LogP contribution >= 0.6 is 11.6 Å². The van der Waals surface area contributed by atoms with Gasteiger partial charge in [-0.05, 0) is 74.1 Å². The summed E-state index contributed by atoms with van der Waals surface area (Å²) < 4.78 is 69.9. The van der Waals surface area contributed by atoms with Crippen LogP contribution in [0.5, 0.6) is 5.88 Å². The van der Waals surface area contributed by atoms with Gasteiger partial charge in [-0.2, -0.15) is 23.1 Å². The summed E-state index contributed by atoms with van der Waals surface area (Å²) in [6.07, 6.45) is -2.24. The Balaban J connectivity index is 1.39. The molecule has 0 bridgehead atoms. The number of benzene rings is 2. The first kappa shape index (κ1) is 30.8. The third-order valence-electron chi connectivity index (χ3n) is 7.50. The summed E-state index contributed by atoms with van der Waals surface area (Å²) in [5.74, 6) is -0.835. The number of aliphatic hydroxyl groups is 1. The highest BCUT2D eigenvalue weighted by Crippen LogP contribution is 2.49. The molecule has 0 unspecified atom stereocenters. The summed E-state index contributed by atoms with van der Waals surface area (Å²) in [5, 5.41) is 16.3. The van der Waals surface area contributed by atoms with Crippen LogP contribution in [0.2, 0.25) is 5.02 Å². The summed E-state index contributed by atoms with van der Waals surface area (Å²) in [6.45, 7) is -0.362. The Bertz CT molecular complexity index is 1610. The molecule has 43 heavy (non-hydrogen) atoms. The number of aliphatic hydroxyl groups excluding tert-OH is 1. The summed E-state index contributed by atoms with van der Waals surface area (Å²) in [6, 6.07) is 13.0. The van der Waals surface area contributed by atoms with E-state index in [0.717, 1.165) is 18.4 Å². The molecule has 0 saturated heterocycles. The van der Waals surface area contributed by atoms with Crippen molar-refractivity contribution >= 4 is 45.0 Å². The van der Waals surface area contributed by atoms with E-state index in [1.807, 2.05) is 16.9 Å². The molecule has 5 rings (SSSR count). The lowest BCUT2D eigenvalue weighted by molar-refractivity contribution is -0.154. The first-order chi connectivity index (χ1) is 20.3. The van der Waals surface area contributed by atoms with Crippen molar-refractivity contribution in [1.82, 2.24) is 14.7 Å². The molecule has 0 radical (unpaired) electrons. The number of anilines is 3. The van der Waals surface area contributed by atoms with Crippen LogP contribution in [0.25, 0.3) is 0 Å². The van der Waals surface area contributed by atoms with Crippen molar-refractivity contribution in [1.29, 1.82) is 0 Å². The van der Waals surface area contributed by atoms with Gasteiger partial charge in [-0.25, -0.2) is 13.1 Å². The van der Waals surface area contributed by atoms with Gasteiger partial charge in [0.05, 0.1) is 17.7 Å². The van der Waals surface area contributed by atoms with Gasteiger partial charge < -0.3 is 20.5 Å². The maximum absolute atomic E-state index is 13.1. The van der Waals surface area contributed by atoms with Gasteiger partial charge >= 0.3 is 6.18 Å². The molecule has 1 aromatic heterocycles. The molecule has 15 heteroatoms. The third kappa shape index (κ3) is 6.81. The van der Waals surface area contributed by atoms with E-state index in [0.29, 0.717) is 22.1 Å². The first-order valence-electron chi connectivity index (χ1n) is 13.5. The number of carbonyl (C=O) groups is 1. The number of hydrogen-bond donors (Lipinski definition) is 4. The number of amides is 1. The van der Waals surface area contributed by atoms with Crippen LogP contribution in [0.3, 0.4) is 0 Å². The van der Waals surface area contributed by atoms with Crippen molar-refractivity contribution in [2.24, 2.45) is 0 Å². The number of ether oxygens (including phenoxy) is 1. The largest absolute Gasteiger partial charge is 0.468 e. The molecule has 3 aromatic rings. The molecule has 2 saturated carbocycles. The van der Waals surface area contributed by atoms with E-state index in [1.54, 1.807) is 19.1 Å². The third-order valence-corrected chi connectivity index (χ3v) is 9.88. The molecule has 4 N–H and O–H groups in total. The highest BCUT2D eigenvalue weighted by molar-refractivity contribution is 7.91. The molecule has 0 atom stereocenters. The average Bonchev–Trinajstić information content (AvgIpc) is 3.88. The number of sulfonamides is 1. The smallest absolute Gasteiger partial charge is 0.422 e. The zero-order valence-electron chi connectivity index (χ0n) is 23.0. The highest BCUT2D eigenvalue weighted by atomic mass is 35.5. The molecule has 2 aromatic carbocycles. The lowest BCUT2D eigenvalue weighted by Gasteiger charge is -2.23. The fourth-order valence-corrected chi connectivity index (χ4v) is 6.11. The lowest BCUT2D eigenvalue weighted by atomic mass is 10.0. The van der Waals surface area contributed by atoms with E-state index in [2.05, 4.69) is 20.6 Å². The van der Waals surface area contributed by atoms with Crippen molar-refractivity contribution in [3.8, 4) is 5.88 Å². The Morgan fingerprint density at radius 2 is 1.70 bits per heavy atom. The Kier molecular flexibility index (Phi) is 8.22. The lowest BCUT2D eigenvalue weighted by Crippen LogP contribution is -2.41. The van der Waals surface area contributed by atoms with Crippen LogP contribution in [-0.2, 0) is 22.0 Å². The van der Waals surface area contributed by atoms with Crippen LogP contribution in [0.15, 0.2) is 48.5 Å².